The van der Waals surface area contributed by atoms with Gasteiger partial charge in [-0.2, -0.15) is 5.10 Å². The van der Waals surface area contributed by atoms with Crippen molar-refractivity contribution in [1.29, 1.82) is 0 Å². The van der Waals surface area contributed by atoms with Crippen LogP contribution < -0.4 is 5.32 Å². The molecule has 1 aliphatic carbocycles. The first-order chi connectivity index (χ1) is 11.5. The Morgan fingerprint density at radius 3 is 2.83 bits per heavy atom. The van der Waals surface area contributed by atoms with E-state index in [1.807, 2.05) is 32.3 Å². The summed E-state index contributed by atoms with van der Waals surface area (Å²) in [7, 11) is 1.87. The van der Waals surface area contributed by atoms with Crippen LogP contribution in [-0.4, -0.2) is 25.7 Å². The first-order valence-corrected chi connectivity index (χ1v) is 8.94. The number of nitrogens with zero attached hydrogens (tertiary/aromatic N) is 4. The second-order valence-electron chi connectivity index (χ2n) is 6.34. The topological polar surface area (TPSA) is 72.7 Å². The molecule has 24 heavy (non-hydrogen) atoms. The number of carbonyl (C=O) groups excluding carboxylic acids is 1. The number of fused-ring (bicyclic) bond motifs is 1. The lowest BCUT2D eigenvalue weighted by molar-refractivity contribution is 0.0952. The fourth-order valence-electron chi connectivity index (χ4n) is 2.97. The number of hydrogen-bond acceptors (Lipinski definition) is 5. The monoisotopic (exact) mass is 341 g/mol. The molecule has 124 valence electrons. The molecule has 0 spiro atoms. The number of thiazole rings is 1. The number of carbonyl (C=O) groups is 1. The number of amides is 1. The summed E-state index contributed by atoms with van der Waals surface area (Å²) in [4.78, 5) is 21.9. The summed E-state index contributed by atoms with van der Waals surface area (Å²) in [5, 5.41) is 11.2. The quantitative estimate of drug-likeness (QED) is 0.792. The lowest BCUT2D eigenvalue weighted by atomic mass is 10.1. The molecule has 6 nitrogen and oxygen atoms in total. The zero-order valence-corrected chi connectivity index (χ0v) is 14.8. The minimum absolute atomic E-state index is 0.0896. The molecule has 1 amide bonds. The van der Waals surface area contributed by atoms with Crippen molar-refractivity contribution in [3.8, 4) is 0 Å². The summed E-state index contributed by atoms with van der Waals surface area (Å²) >= 11 is 1.56. The standard InChI is InChI=1S/C17H19N5OS/c1-9-8-24-14(19-9)7-18-17(23)12-6-13(11-4-5-11)20-16-15(12)10(2)21-22(16)3/h6,8,11H,4-5,7H2,1-3H3,(H,18,23). The summed E-state index contributed by atoms with van der Waals surface area (Å²) in [5.74, 6) is 0.394. The van der Waals surface area contributed by atoms with Crippen LogP contribution in [0.5, 0.6) is 0 Å². The highest BCUT2D eigenvalue weighted by molar-refractivity contribution is 7.09. The van der Waals surface area contributed by atoms with E-state index in [0.29, 0.717) is 18.0 Å². The van der Waals surface area contributed by atoms with Crippen LogP contribution in [0.2, 0.25) is 0 Å². The highest BCUT2D eigenvalue weighted by atomic mass is 32.1. The highest BCUT2D eigenvalue weighted by Crippen LogP contribution is 2.40. The normalized spacial score (nSPS) is 14.3. The molecule has 3 heterocycles. The van der Waals surface area contributed by atoms with Gasteiger partial charge in [0.1, 0.15) is 5.01 Å². The average Bonchev–Trinajstić information content (AvgIpc) is 3.27. The zero-order chi connectivity index (χ0) is 16.8. The molecule has 0 saturated heterocycles. The SMILES string of the molecule is Cc1csc(CNC(=O)c2cc(C3CC3)nc3c2c(C)nn3C)n1. The van der Waals surface area contributed by atoms with Crippen molar-refractivity contribution in [2.45, 2.75) is 39.2 Å². The maximum Gasteiger partial charge on any atom is 0.252 e. The first-order valence-electron chi connectivity index (χ1n) is 8.06. The molecule has 0 unspecified atom stereocenters. The smallest absolute Gasteiger partial charge is 0.252 e. The third-order valence-electron chi connectivity index (χ3n) is 4.30. The highest BCUT2D eigenvalue weighted by Gasteiger charge is 2.28. The summed E-state index contributed by atoms with van der Waals surface area (Å²) < 4.78 is 1.76. The van der Waals surface area contributed by atoms with Gasteiger partial charge in [0.25, 0.3) is 5.91 Å². The van der Waals surface area contributed by atoms with Gasteiger partial charge >= 0.3 is 0 Å². The van der Waals surface area contributed by atoms with Gasteiger partial charge in [-0.15, -0.1) is 11.3 Å². The third-order valence-corrected chi connectivity index (χ3v) is 5.26. The molecule has 0 aromatic carbocycles. The predicted molar refractivity (Wildman–Crippen MR) is 93.2 cm³/mol. The molecule has 4 rings (SSSR count). The second-order valence-corrected chi connectivity index (χ2v) is 7.28. The van der Waals surface area contributed by atoms with Gasteiger partial charge in [0.05, 0.1) is 23.2 Å². The van der Waals surface area contributed by atoms with Crippen LogP contribution in [0.3, 0.4) is 0 Å². The van der Waals surface area contributed by atoms with Crippen LogP contribution in [-0.2, 0) is 13.6 Å². The molecule has 1 fully saturated rings. The third kappa shape index (κ3) is 2.69. The Hall–Kier alpha value is -2.28. The van der Waals surface area contributed by atoms with Crippen molar-refractivity contribution in [2.24, 2.45) is 7.05 Å². The van der Waals surface area contributed by atoms with Crippen molar-refractivity contribution in [3.05, 3.63) is 39.1 Å². The molecule has 0 aliphatic heterocycles. The summed E-state index contributed by atoms with van der Waals surface area (Å²) in [5.41, 5.74) is 4.26. The average molecular weight is 341 g/mol. The van der Waals surface area contributed by atoms with Crippen molar-refractivity contribution >= 4 is 28.3 Å². The Morgan fingerprint density at radius 2 is 2.17 bits per heavy atom. The van der Waals surface area contributed by atoms with Crippen molar-refractivity contribution in [1.82, 2.24) is 25.1 Å². The lowest BCUT2D eigenvalue weighted by Gasteiger charge is -2.08. The zero-order valence-electron chi connectivity index (χ0n) is 14.0. The Labute approximate surface area is 143 Å². The maximum atomic E-state index is 12.8. The molecular weight excluding hydrogens is 322 g/mol. The molecule has 0 atom stereocenters. The first kappa shape index (κ1) is 15.3. The minimum atomic E-state index is -0.0896. The fourth-order valence-corrected chi connectivity index (χ4v) is 3.68. The number of aromatic nitrogens is 4. The summed E-state index contributed by atoms with van der Waals surface area (Å²) in [6.45, 7) is 4.32. The maximum absolute atomic E-state index is 12.8. The molecule has 7 heteroatoms. The van der Waals surface area contributed by atoms with Gasteiger partial charge in [0, 0.05) is 29.7 Å². The fraction of sp³-hybridized carbons (Fsp3) is 0.412. The Kier molecular flexibility index (Phi) is 3.60. The van der Waals surface area contributed by atoms with Crippen molar-refractivity contribution in [3.63, 3.8) is 0 Å². The summed E-state index contributed by atoms with van der Waals surface area (Å²) in [6, 6.07) is 1.94. The van der Waals surface area contributed by atoms with Gasteiger partial charge < -0.3 is 5.32 Å². The van der Waals surface area contributed by atoms with E-state index < -0.39 is 0 Å². The predicted octanol–water partition coefficient (Wildman–Crippen LogP) is 2.85. The van der Waals surface area contributed by atoms with Crippen molar-refractivity contribution < 1.29 is 4.79 Å². The number of nitrogens with one attached hydrogen (secondary N) is 1. The lowest BCUT2D eigenvalue weighted by Crippen LogP contribution is -2.23. The van der Waals surface area contributed by atoms with E-state index in [1.165, 1.54) is 0 Å². The second kappa shape index (κ2) is 5.66. The molecule has 0 bridgehead atoms. The van der Waals surface area contributed by atoms with E-state index in [0.717, 1.165) is 46.0 Å². The molecule has 1 saturated carbocycles. The van der Waals surface area contributed by atoms with E-state index in [1.54, 1.807) is 16.0 Å². The van der Waals surface area contributed by atoms with Gasteiger partial charge in [-0.25, -0.2) is 9.97 Å². The van der Waals surface area contributed by atoms with Gasteiger partial charge in [0.15, 0.2) is 5.65 Å². The molecule has 1 N–H and O–H groups in total. The Balaban J connectivity index is 1.69. The van der Waals surface area contributed by atoms with Crippen molar-refractivity contribution in [2.75, 3.05) is 0 Å². The van der Waals surface area contributed by atoms with E-state index in [2.05, 4.69) is 15.4 Å². The summed E-state index contributed by atoms with van der Waals surface area (Å²) in [6.07, 6.45) is 2.30. The van der Waals surface area contributed by atoms with Gasteiger partial charge in [-0.3, -0.25) is 9.48 Å². The van der Waals surface area contributed by atoms with Crippen LogP contribution in [0.25, 0.3) is 11.0 Å². The molecule has 3 aromatic heterocycles. The van der Waals surface area contributed by atoms with Gasteiger partial charge in [-0.1, -0.05) is 0 Å². The Bertz CT molecular complexity index is 938. The molecular formula is C17H19N5OS. The number of hydrogen-bond donors (Lipinski definition) is 1. The van der Waals surface area contributed by atoms with E-state index >= 15 is 0 Å². The number of rotatable bonds is 4. The van der Waals surface area contributed by atoms with Crippen LogP contribution in [0.4, 0.5) is 0 Å². The molecule has 3 aromatic rings. The number of pyridine rings is 1. The van der Waals surface area contributed by atoms with Gasteiger partial charge in [0.2, 0.25) is 0 Å². The minimum Gasteiger partial charge on any atom is -0.346 e. The number of aryl methyl sites for hydroxylation is 3. The van der Waals surface area contributed by atoms with E-state index in [-0.39, 0.29) is 5.91 Å². The van der Waals surface area contributed by atoms with Crippen LogP contribution in [0, 0.1) is 13.8 Å². The Morgan fingerprint density at radius 1 is 1.38 bits per heavy atom. The van der Waals surface area contributed by atoms with Crippen LogP contribution in [0.1, 0.15) is 51.2 Å². The molecule has 1 aliphatic rings. The van der Waals surface area contributed by atoms with Crippen LogP contribution in [0.15, 0.2) is 11.4 Å². The van der Waals surface area contributed by atoms with Crippen LogP contribution >= 0.6 is 11.3 Å². The van der Waals surface area contributed by atoms with E-state index in [9.17, 15) is 4.79 Å². The largest absolute Gasteiger partial charge is 0.346 e. The molecule has 0 radical (unpaired) electrons. The van der Waals surface area contributed by atoms with Gasteiger partial charge in [-0.05, 0) is 32.8 Å². The van der Waals surface area contributed by atoms with E-state index in [4.69, 9.17) is 4.98 Å².